The molecule has 1 aliphatic heterocycles. The third kappa shape index (κ3) is 4.34. The Kier molecular flexibility index (Phi) is 5.42. The molecule has 1 N–H and O–H groups in total. The molecule has 116 valence electrons. The lowest BCUT2D eigenvalue weighted by atomic mass is 10.00. The van der Waals surface area contributed by atoms with Crippen LogP contribution in [0.3, 0.4) is 0 Å². The van der Waals surface area contributed by atoms with Crippen LogP contribution in [-0.4, -0.2) is 30.8 Å². The summed E-state index contributed by atoms with van der Waals surface area (Å²) in [5.74, 6) is 1.73. The van der Waals surface area contributed by atoms with Crippen LogP contribution in [-0.2, 0) is 4.74 Å². The van der Waals surface area contributed by atoms with Crippen LogP contribution in [0.5, 0.6) is 0 Å². The second kappa shape index (κ2) is 7.29. The highest BCUT2D eigenvalue weighted by molar-refractivity contribution is 5.84. The van der Waals surface area contributed by atoms with E-state index in [1.807, 2.05) is 19.9 Å². The average molecular weight is 291 g/mol. The molecule has 21 heavy (non-hydrogen) atoms. The number of nitrogens with one attached hydrogen (secondary N) is 1. The van der Waals surface area contributed by atoms with Gasteiger partial charge in [-0.05, 0) is 43.7 Å². The second-order valence-corrected chi connectivity index (χ2v) is 5.82. The van der Waals surface area contributed by atoms with Gasteiger partial charge in [0.05, 0.1) is 18.5 Å². The number of carbonyl (C=O) groups is 1. The largest absolute Gasteiger partial charge is 0.449 e. The van der Waals surface area contributed by atoms with Crippen molar-refractivity contribution in [2.24, 2.45) is 5.92 Å². The van der Waals surface area contributed by atoms with Gasteiger partial charge in [-0.15, -0.1) is 0 Å². The summed E-state index contributed by atoms with van der Waals surface area (Å²) in [4.78, 5) is 18.4. The van der Waals surface area contributed by atoms with Gasteiger partial charge in [-0.2, -0.15) is 0 Å². The number of amides is 1. The van der Waals surface area contributed by atoms with Crippen molar-refractivity contribution in [3.63, 3.8) is 0 Å². The maximum absolute atomic E-state index is 11.5. The number of carbonyl (C=O) groups excluding carboxylic acids is 1. The Hall–Kier alpha value is -1.78. The van der Waals surface area contributed by atoms with Crippen LogP contribution in [0.15, 0.2) is 12.3 Å². The Morgan fingerprint density at radius 3 is 3.05 bits per heavy atom. The molecule has 0 spiro atoms. The minimum Gasteiger partial charge on any atom is -0.449 e. The van der Waals surface area contributed by atoms with Crippen LogP contribution in [0.4, 0.5) is 16.3 Å². The van der Waals surface area contributed by atoms with E-state index in [4.69, 9.17) is 4.74 Å². The molecular weight excluding hydrogens is 266 g/mol. The number of anilines is 2. The predicted molar refractivity (Wildman–Crippen MR) is 84.8 cm³/mol. The third-order valence-corrected chi connectivity index (χ3v) is 3.69. The summed E-state index contributed by atoms with van der Waals surface area (Å²) in [5, 5.41) is 2.71. The molecule has 1 amide bonds. The Labute approximate surface area is 126 Å². The van der Waals surface area contributed by atoms with Crippen LogP contribution in [0.2, 0.25) is 0 Å². The zero-order chi connectivity index (χ0) is 15.2. The lowest BCUT2D eigenvalue weighted by Gasteiger charge is -2.32. The molecule has 5 nitrogen and oxygen atoms in total. The van der Waals surface area contributed by atoms with E-state index >= 15 is 0 Å². The van der Waals surface area contributed by atoms with Crippen molar-refractivity contribution < 1.29 is 9.53 Å². The van der Waals surface area contributed by atoms with Gasteiger partial charge in [-0.25, -0.2) is 9.78 Å². The quantitative estimate of drug-likeness (QED) is 0.921. The number of rotatable bonds is 4. The molecule has 0 bridgehead atoms. The van der Waals surface area contributed by atoms with Crippen molar-refractivity contribution in [3.05, 3.63) is 17.8 Å². The lowest BCUT2D eigenvalue weighted by Crippen LogP contribution is -2.35. The molecule has 1 aromatic heterocycles. The van der Waals surface area contributed by atoms with Crippen LogP contribution in [0, 0.1) is 12.8 Å². The first-order chi connectivity index (χ1) is 10.1. The molecule has 0 aliphatic carbocycles. The van der Waals surface area contributed by atoms with Crippen LogP contribution in [0.1, 0.15) is 38.7 Å². The molecule has 1 unspecified atom stereocenters. The van der Waals surface area contributed by atoms with E-state index in [0.717, 1.165) is 30.9 Å². The van der Waals surface area contributed by atoms with Gasteiger partial charge < -0.3 is 9.64 Å². The topological polar surface area (TPSA) is 54.5 Å². The first-order valence-electron chi connectivity index (χ1n) is 7.75. The maximum atomic E-state index is 11.5. The van der Waals surface area contributed by atoms with Crippen LogP contribution in [0.25, 0.3) is 0 Å². The monoisotopic (exact) mass is 291 g/mol. The number of ether oxygens (including phenoxy) is 1. The molecule has 5 heteroatoms. The summed E-state index contributed by atoms with van der Waals surface area (Å²) in [5.41, 5.74) is 1.76. The fraction of sp³-hybridized carbons (Fsp3) is 0.625. The Balaban J connectivity index is 2.01. The van der Waals surface area contributed by atoms with Gasteiger partial charge in [0, 0.05) is 13.1 Å². The van der Waals surface area contributed by atoms with Crippen molar-refractivity contribution in [3.8, 4) is 0 Å². The van der Waals surface area contributed by atoms with Crippen molar-refractivity contribution in [2.75, 3.05) is 29.9 Å². The number of piperidine rings is 1. The minimum atomic E-state index is -0.419. The standard InChI is InChI=1S/C16H25N3O2/c1-4-8-21-16(20)18-14-9-13(3)15(17-10-14)19-7-5-6-12(2)11-19/h9-10,12H,4-8,11H2,1-3H3,(H,18,20). The molecule has 1 saturated heterocycles. The Morgan fingerprint density at radius 1 is 1.57 bits per heavy atom. The number of nitrogens with zero attached hydrogens (tertiary/aromatic N) is 2. The van der Waals surface area contributed by atoms with Crippen molar-refractivity contribution in [1.29, 1.82) is 0 Å². The molecule has 0 aromatic carbocycles. The van der Waals surface area contributed by atoms with Crippen molar-refractivity contribution in [2.45, 2.75) is 40.0 Å². The summed E-state index contributed by atoms with van der Waals surface area (Å²) < 4.78 is 5.01. The average Bonchev–Trinajstić information content (AvgIpc) is 2.45. The first kappa shape index (κ1) is 15.6. The summed E-state index contributed by atoms with van der Waals surface area (Å²) in [7, 11) is 0. The fourth-order valence-electron chi connectivity index (χ4n) is 2.70. The summed E-state index contributed by atoms with van der Waals surface area (Å²) in [6, 6.07) is 1.95. The molecule has 2 rings (SSSR count). The SMILES string of the molecule is CCCOC(=O)Nc1cnc(N2CCCC(C)C2)c(C)c1. The molecule has 1 fully saturated rings. The van der Waals surface area contributed by atoms with E-state index < -0.39 is 6.09 Å². The predicted octanol–water partition coefficient (Wildman–Crippen LogP) is 3.58. The van der Waals surface area contributed by atoms with Gasteiger partial charge in [0.15, 0.2) is 0 Å². The second-order valence-electron chi connectivity index (χ2n) is 5.82. The number of hydrogen-bond acceptors (Lipinski definition) is 4. The van der Waals surface area contributed by atoms with Crippen molar-refractivity contribution >= 4 is 17.6 Å². The van der Waals surface area contributed by atoms with E-state index in [1.165, 1.54) is 12.8 Å². The van der Waals surface area contributed by atoms with Gasteiger partial charge in [0.1, 0.15) is 5.82 Å². The van der Waals surface area contributed by atoms with E-state index in [-0.39, 0.29) is 0 Å². The maximum Gasteiger partial charge on any atom is 0.411 e. The fourth-order valence-corrected chi connectivity index (χ4v) is 2.70. The normalized spacial score (nSPS) is 18.4. The highest BCUT2D eigenvalue weighted by Gasteiger charge is 2.19. The summed E-state index contributed by atoms with van der Waals surface area (Å²) in [6.45, 7) is 8.82. The van der Waals surface area contributed by atoms with Crippen molar-refractivity contribution in [1.82, 2.24) is 4.98 Å². The summed E-state index contributed by atoms with van der Waals surface area (Å²) in [6.07, 6.45) is 4.60. The van der Waals surface area contributed by atoms with Crippen LogP contribution >= 0.6 is 0 Å². The van der Waals surface area contributed by atoms with E-state index in [9.17, 15) is 4.79 Å². The highest BCUT2D eigenvalue weighted by atomic mass is 16.5. The highest BCUT2D eigenvalue weighted by Crippen LogP contribution is 2.25. The summed E-state index contributed by atoms with van der Waals surface area (Å²) >= 11 is 0. The first-order valence-corrected chi connectivity index (χ1v) is 7.75. The van der Waals surface area contributed by atoms with Gasteiger partial charge in [-0.3, -0.25) is 5.32 Å². The van der Waals surface area contributed by atoms with E-state index in [2.05, 4.69) is 22.1 Å². The van der Waals surface area contributed by atoms with Gasteiger partial charge >= 0.3 is 6.09 Å². The molecule has 2 heterocycles. The van der Waals surface area contributed by atoms with Gasteiger partial charge in [-0.1, -0.05) is 13.8 Å². The Bertz CT molecular complexity index is 490. The van der Waals surface area contributed by atoms with Gasteiger partial charge in [0.25, 0.3) is 0 Å². The van der Waals surface area contributed by atoms with Gasteiger partial charge in [0.2, 0.25) is 0 Å². The van der Waals surface area contributed by atoms with E-state index in [1.54, 1.807) is 6.20 Å². The molecule has 0 saturated carbocycles. The van der Waals surface area contributed by atoms with Crippen LogP contribution < -0.4 is 10.2 Å². The lowest BCUT2D eigenvalue weighted by molar-refractivity contribution is 0.161. The zero-order valence-electron chi connectivity index (χ0n) is 13.2. The molecule has 1 atom stereocenters. The Morgan fingerprint density at radius 2 is 2.38 bits per heavy atom. The smallest absolute Gasteiger partial charge is 0.411 e. The zero-order valence-corrected chi connectivity index (χ0v) is 13.2. The number of pyridine rings is 1. The number of hydrogen-bond donors (Lipinski definition) is 1. The van der Waals surface area contributed by atoms with E-state index in [0.29, 0.717) is 18.2 Å². The molecule has 1 aliphatic rings. The third-order valence-electron chi connectivity index (χ3n) is 3.69. The molecule has 0 radical (unpaired) electrons. The number of aromatic nitrogens is 1. The molecular formula is C16H25N3O2. The number of aryl methyl sites for hydroxylation is 1. The minimum absolute atomic E-state index is 0.419. The molecule has 1 aromatic rings.